The van der Waals surface area contributed by atoms with Gasteiger partial charge in [0.05, 0.1) is 13.7 Å². The van der Waals surface area contributed by atoms with E-state index in [0.717, 1.165) is 23.6 Å². The number of aromatic nitrogens is 2. The predicted octanol–water partition coefficient (Wildman–Crippen LogP) is 1.69. The van der Waals surface area contributed by atoms with Crippen LogP contribution in [0.5, 0.6) is 11.5 Å². The maximum Gasteiger partial charge on any atom is 0.165 e. The third-order valence-electron chi connectivity index (χ3n) is 2.77. The van der Waals surface area contributed by atoms with Crippen LogP contribution in [-0.2, 0) is 13.1 Å². The Morgan fingerprint density at radius 2 is 2.21 bits per heavy atom. The fourth-order valence-corrected chi connectivity index (χ4v) is 1.89. The summed E-state index contributed by atoms with van der Waals surface area (Å²) in [5.41, 5.74) is 1.09. The first-order valence-corrected chi connectivity index (χ1v) is 6.26. The minimum absolute atomic E-state index is 0.554. The largest absolute Gasteiger partial charge is 0.493 e. The standard InChI is InChI=1S/C14H19N3O2/c1-15-11-12-5-3-6-13(18-2)14(12)19-10-9-17-8-4-7-16-17/h3-8,15H,9-11H2,1-2H3. The summed E-state index contributed by atoms with van der Waals surface area (Å²) in [6, 6.07) is 7.80. The zero-order valence-corrected chi connectivity index (χ0v) is 11.3. The third kappa shape index (κ3) is 3.48. The molecule has 0 spiro atoms. The van der Waals surface area contributed by atoms with Gasteiger partial charge in [0.15, 0.2) is 11.5 Å². The lowest BCUT2D eigenvalue weighted by atomic mass is 10.2. The van der Waals surface area contributed by atoms with Crippen LogP contribution in [0.1, 0.15) is 5.56 Å². The average Bonchev–Trinajstić information content (AvgIpc) is 2.93. The van der Waals surface area contributed by atoms with Crippen molar-refractivity contribution in [3.63, 3.8) is 0 Å². The molecular formula is C14H19N3O2. The van der Waals surface area contributed by atoms with Gasteiger partial charge in [-0.2, -0.15) is 5.10 Å². The number of nitrogens with one attached hydrogen (secondary N) is 1. The Hall–Kier alpha value is -2.01. The van der Waals surface area contributed by atoms with Crippen molar-refractivity contribution in [1.29, 1.82) is 0 Å². The maximum absolute atomic E-state index is 5.86. The Bertz CT molecular complexity index is 497. The highest BCUT2D eigenvalue weighted by Gasteiger charge is 2.09. The number of benzene rings is 1. The highest BCUT2D eigenvalue weighted by molar-refractivity contribution is 5.46. The number of nitrogens with zero attached hydrogens (tertiary/aromatic N) is 2. The summed E-state index contributed by atoms with van der Waals surface area (Å²) in [7, 11) is 3.56. The quantitative estimate of drug-likeness (QED) is 0.824. The Morgan fingerprint density at radius 1 is 1.32 bits per heavy atom. The number of hydrogen-bond acceptors (Lipinski definition) is 4. The topological polar surface area (TPSA) is 48.3 Å². The van der Waals surface area contributed by atoms with Gasteiger partial charge in [-0.05, 0) is 19.2 Å². The van der Waals surface area contributed by atoms with Crippen LogP contribution in [0, 0.1) is 0 Å². The van der Waals surface area contributed by atoms with Crippen LogP contribution < -0.4 is 14.8 Å². The summed E-state index contributed by atoms with van der Waals surface area (Å²) >= 11 is 0. The van der Waals surface area contributed by atoms with E-state index in [0.29, 0.717) is 13.2 Å². The lowest BCUT2D eigenvalue weighted by Crippen LogP contribution is -2.12. The smallest absolute Gasteiger partial charge is 0.165 e. The van der Waals surface area contributed by atoms with Gasteiger partial charge in [-0.1, -0.05) is 12.1 Å². The molecule has 0 aliphatic rings. The molecule has 0 bridgehead atoms. The molecule has 0 aliphatic carbocycles. The van der Waals surface area contributed by atoms with E-state index in [1.54, 1.807) is 13.3 Å². The molecule has 19 heavy (non-hydrogen) atoms. The maximum atomic E-state index is 5.86. The fraction of sp³-hybridized carbons (Fsp3) is 0.357. The van der Waals surface area contributed by atoms with Crippen LogP contribution in [-0.4, -0.2) is 30.5 Å². The van der Waals surface area contributed by atoms with Crippen molar-refractivity contribution < 1.29 is 9.47 Å². The first-order valence-electron chi connectivity index (χ1n) is 6.26. The van der Waals surface area contributed by atoms with Gasteiger partial charge in [0.2, 0.25) is 0 Å². The van der Waals surface area contributed by atoms with Crippen molar-refractivity contribution in [2.45, 2.75) is 13.1 Å². The van der Waals surface area contributed by atoms with Gasteiger partial charge in [-0.15, -0.1) is 0 Å². The van der Waals surface area contributed by atoms with Crippen LogP contribution in [0.2, 0.25) is 0 Å². The van der Waals surface area contributed by atoms with Crippen molar-refractivity contribution in [3.05, 3.63) is 42.2 Å². The van der Waals surface area contributed by atoms with Crippen molar-refractivity contribution in [1.82, 2.24) is 15.1 Å². The van der Waals surface area contributed by atoms with Gasteiger partial charge in [0, 0.05) is 24.5 Å². The number of methoxy groups -OCH3 is 1. The number of hydrogen-bond donors (Lipinski definition) is 1. The minimum atomic E-state index is 0.554. The molecule has 1 heterocycles. The third-order valence-corrected chi connectivity index (χ3v) is 2.77. The van der Waals surface area contributed by atoms with E-state index in [2.05, 4.69) is 10.4 Å². The minimum Gasteiger partial charge on any atom is -0.493 e. The summed E-state index contributed by atoms with van der Waals surface area (Å²) < 4.78 is 13.0. The van der Waals surface area contributed by atoms with Gasteiger partial charge >= 0.3 is 0 Å². The van der Waals surface area contributed by atoms with E-state index >= 15 is 0 Å². The Kier molecular flexibility index (Phi) is 4.80. The molecular weight excluding hydrogens is 242 g/mol. The molecule has 0 saturated heterocycles. The molecule has 1 aromatic heterocycles. The summed E-state index contributed by atoms with van der Waals surface area (Å²) in [6.07, 6.45) is 3.68. The summed E-state index contributed by atoms with van der Waals surface area (Å²) in [6.45, 7) is 2.01. The van der Waals surface area contributed by atoms with E-state index in [1.807, 2.05) is 42.2 Å². The molecule has 0 radical (unpaired) electrons. The van der Waals surface area contributed by atoms with E-state index in [4.69, 9.17) is 9.47 Å². The van der Waals surface area contributed by atoms with Crippen LogP contribution in [0.3, 0.4) is 0 Å². The number of rotatable bonds is 7. The molecule has 5 nitrogen and oxygen atoms in total. The number of para-hydroxylation sites is 1. The second-order valence-electron chi connectivity index (χ2n) is 4.10. The average molecular weight is 261 g/mol. The van der Waals surface area contributed by atoms with Crippen molar-refractivity contribution in [3.8, 4) is 11.5 Å². The van der Waals surface area contributed by atoms with E-state index in [1.165, 1.54) is 0 Å². The van der Waals surface area contributed by atoms with Crippen LogP contribution in [0.15, 0.2) is 36.7 Å². The van der Waals surface area contributed by atoms with E-state index in [9.17, 15) is 0 Å². The molecule has 2 aromatic rings. The molecule has 1 aromatic carbocycles. The summed E-state index contributed by atoms with van der Waals surface area (Å²) in [5, 5.41) is 7.27. The zero-order valence-electron chi connectivity index (χ0n) is 11.3. The highest BCUT2D eigenvalue weighted by Crippen LogP contribution is 2.30. The van der Waals surface area contributed by atoms with Gasteiger partial charge in [0.1, 0.15) is 6.61 Å². The summed E-state index contributed by atoms with van der Waals surface area (Å²) in [4.78, 5) is 0. The molecule has 5 heteroatoms. The van der Waals surface area contributed by atoms with Gasteiger partial charge < -0.3 is 14.8 Å². The van der Waals surface area contributed by atoms with Gasteiger partial charge in [-0.25, -0.2) is 0 Å². The zero-order chi connectivity index (χ0) is 13.5. The Balaban J connectivity index is 2.04. The molecule has 102 valence electrons. The molecule has 0 unspecified atom stereocenters. The Morgan fingerprint density at radius 3 is 2.89 bits per heavy atom. The molecule has 0 atom stereocenters. The predicted molar refractivity (Wildman–Crippen MR) is 73.5 cm³/mol. The normalized spacial score (nSPS) is 10.4. The van der Waals surface area contributed by atoms with Crippen molar-refractivity contribution in [2.24, 2.45) is 0 Å². The Labute approximate surface area is 113 Å². The lowest BCUT2D eigenvalue weighted by Gasteiger charge is -2.15. The molecule has 0 fully saturated rings. The van der Waals surface area contributed by atoms with Crippen molar-refractivity contribution >= 4 is 0 Å². The number of ether oxygens (including phenoxy) is 2. The first-order chi connectivity index (χ1) is 9.35. The fourth-order valence-electron chi connectivity index (χ4n) is 1.89. The van der Waals surface area contributed by atoms with E-state index < -0.39 is 0 Å². The van der Waals surface area contributed by atoms with Gasteiger partial charge in [-0.3, -0.25) is 4.68 Å². The SMILES string of the molecule is CNCc1cccc(OC)c1OCCn1cccn1. The molecule has 0 amide bonds. The molecule has 0 saturated carbocycles. The second kappa shape index (κ2) is 6.80. The molecule has 2 rings (SSSR count). The lowest BCUT2D eigenvalue weighted by molar-refractivity contribution is 0.271. The first kappa shape index (κ1) is 13.4. The molecule has 1 N–H and O–H groups in total. The van der Waals surface area contributed by atoms with Crippen molar-refractivity contribution in [2.75, 3.05) is 20.8 Å². The van der Waals surface area contributed by atoms with Crippen LogP contribution >= 0.6 is 0 Å². The van der Waals surface area contributed by atoms with Crippen LogP contribution in [0.4, 0.5) is 0 Å². The second-order valence-corrected chi connectivity index (χ2v) is 4.10. The molecule has 0 aliphatic heterocycles. The van der Waals surface area contributed by atoms with E-state index in [-0.39, 0.29) is 0 Å². The van der Waals surface area contributed by atoms with Crippen LogP contribution in [0.25, 0.3) is 0 Å². The highest BCUT2D eigenvalue weighted by atomic mass is 16.5. The summed E-state index contributed by atoms with van der Waals surface area (Å²) in [5.74, 6) is 1.56. The van der Waals surface area contributed by atoms with Gasteiger partial charge in [0.25, 0.3) is 0 Å². The monoisotopic (exact) mass is 261 g/mol.